The molecule has 0 aliphatic heterocycles. The third-order valence-electron chi connectivity index (χ3n) is 3.52. The fourth-order valence-corrected chi connectivity index (χ4v) is 2.47. The van der Waals surface area contributed by atoms with Gasteiger partial charge in [0.1, 0.15) is 0 Å². The maximum atomic E-state index is 6.13. The Labute approximate surface area is 107 Å². The van der Waals surface area contributed by atoms with Crippen molar-refractivity contribution >= 4 is 19.9 Å². The monoisotopic (exact) mass is 265 g/mol. The number of nitrogens with zero attached hydrogens (tertiary/aromatic N) is 1. The van der Waals surface area contributed by atoms with Gasteiger partial charge in [-0.2, -0.15) is 0 Å². The quantitative estimate of drug-likeness (QED) is 0.516. The molecule has 0 aliphatic carbocycles. The van der Waals surface area contributed by atoms with Gasteiger partial charge in [-0.25, -0.2) is 0 Å². The lowest BCUT2D eigenvalue weighted by Crippen LogP contribution is -2.43. The Morgan fingerprint density at radius 1 is 1.19 bits per heavy atom. The maximum Gasteiger partial charge on any atom is 0.192 e. The summed E-state index contributed by atoms with van der Waals surface area (Å²) in [6.07, 6.45) is 0. The van der Waals surface area contributed by atoms with Crippen LogP contribution in [0.3, 0.4) is 0 Å². The largest absolute Gasteiger partial charge is 0.416 e. The molecule has 0 heterocycles. The summed E-state index contributed by atoms with van der Waals surface area (Å²) < 4.78 is 6.13. The van der Waals surface area contributed by atoms with E-state index in [0.29, 0.717) is 10.9 Å². The van der Waals surface area contributed by atoms with Gasteiger partial charge in [0.15, 0.2) is 8.32 Å². The molecule has 0 aromatic carbocycles. The normalized spacial score (nSPS) is 13.5. The van der Waals surface area contributed by atoms with Crippen molar-refractivity contribution in [1.82, 2.24) is 4.90 Å². The number of likely N-dealkylation sites (N-methyl/N-ethyl adjacent to an activating group) is 1. The molecular weight excluding hydrogens is 238 g/mol. The van der Waals surface area contributed by atoms with Crippen LogP contribution >= 0.6 is 11.6 Å². The van der Waals surface area contributed by atoms with Crippen molar-refractivity contribution in [3.05, 3.63) is 0 Å². The van der Waals surface area contributed by atoms with Crippen molar-refractivity contribution in [3.63, 3.8) is 0 Å². The van der Waals surface area contributed by atoms with E-state index in [1.54, 1.807) is 0 Å². The van der Waals surface area contributed by atoms with Crippen LogP contribution in [0.2, 0.25) is 18.1 Å². The summed E-state index contributed by atoms with van der Waals surface area (Å²) >= 11 is 5.74. The molecule has 0 aliphatic rings. The maximum absolute atomic E-state index is 6.13. The van der Waals surface area contributed by atoms with Crippen LogP contribution in [0.25, 0.3) is 0 Å². The first-order valence-electron chi connectivity index (χ1n) is 6.17. The fraction of sp³-hybridized carbons (Fsp3) is 1.00. The Kier molecular flexibility index (Phi) is 7.18. The van der Waals surface area contributed by atoms with E-state index in [1.807, 2.05) is 0 Å². The van der Waals surface area contributed by atoms with Crippen molar-refractivity contribution in [2.45, 2.75) is 45.8 Å². The van der Waals surface area contributed by atoms with Crippen LogP contribution in [0.5, 0.6) is 0 Å². The van der Waals surface area contributed by atoms with Crippen LogP contribution in [-0.2, 0) is 4.43 Å². The fourth-order valence-electron chi connectivity index (χ4n) is 1.19. The van der Waals surface area contributed by atoms with Gasteiger partial charge in [0.05, 0.1) is 0 Å². The van der Waals surface area contributed by atoms with Crippen LogP contribution in [0.1, 0.15) is 27.7 Å². The number of alkyl halides is 1. The molecule has 16 heavy (non-hydrogen) atoms. The lowest BCUT2D eigenvalue weighted by Gasteiger charge is -2.36. The lowest BCUT2D eigenvalue weighted by atomic mass is 10.2. The summed E-state index contributed by atoms with van der Waals surface area (Å²) in [5.41, 5.74) is 0. The molecule has 0 saturated carbocycles. The van der Waals surface area contributed by atoms with Crippen molar-refractivity contribution in [3.8, 4) is 0 Å². The second kappa shape index (κ2) is 6.99. The highest BCUT2D eigenvalue weighted by Crippen LogP contribution is 2.36. The Morgan fingerprint density at radius 3 is 2.12 bits per heavy atom. The molecule has 0 rings (SSSR count). The van der Waals surface area contributed by atoms with E-state index in [-0.39, 0.29) is 0 Å². The topological polar surface area (TPSA) is 12.5 Å². The van der Waals surface area contributed by atoms with Crippen LogP contribution in [0.4, 0.5) is 0 Å². The van der Waals surface area contributed by atoms with Crippen molar-refractivity contribution < 1.29 is 4.43 Å². The zero-order valence-electron chi connectivity index (χ0n) is 11.8. The minimum absolute atomic E-state index is 0.302. The first kappa shape index (κ1) is 16.4. The van der Waals surface area contributed by atoms with Gasteiger partial charge in [0, 0.05) is 25.6 Å². The average Bonchev–Trinajstić information content (AvgIpc) is 2.14. The van der Waals surface area contributed by atoms with Crippen molar-refractivity contribution in [1.29, 1.82) is 0 Å². The SMILES string of the molecule is CCN(CCCl)CCO[Si](C)(C)C(C)(C)C. The van der Waals surface area contributed by atoms with Crippen LogP contribution in [0, 0.1) is 0 Å². The molecule has 0 atom stereocenters. The number of hydrogen-bond acceptors (Lipinski definition) is 2. The molecule has 0 amide bonds. The van der Waals surface area contributed by atoms with E-state index < -0.39 is 8.32 Å². The molecule has 2 nitrogen and oxygen atoms in total. The standard InChI is InChI=1S/C12H28ClNOSi/c1-7-14(9-8-13)10-11-15-16(5,6)12(2,3)4/h7-11H2,1-6H3. The summed E-state index contributed by atoms with van der Waals surface area (Å²) in [7, 11) is -1.57. The van der Waals surface area contributed by atoms with Gasteiger partial charge in [-0.1, -0.05) is 27.7 Å². The van der Waals surface area contributed by atoms with Gasteiger partial charge in [0.25, 0.3) is 0 Å². The molecule has 0 radical (unpaired) electrons. The predicted octanol–water partition coefficient (Wildman–Crippen LogP) is 3.57. The van der Waals surface area contributed by atoms with Gasteiger partial charge in [0.2, 0.25) is 0 Å². The second-order valence-corrected chi connectivity index (χ2v) is 10.9. The molecule has 0 aromatic heterocycles. The highest BCUT2D eigenvalue weighted by Gasteiger charge is 2.36. The highest BCUT2D eigenvalue weighted by molar-refractivity contribution is 6.74. The Bertz CT molecular complexity index is 192. The number of rotatable bonds is 7. The van der Waals surface area contributed by atoms with Gasteiger partial charge < -0.3 is 9.33 Å². The van der Waals surface area contributed by atoms with Gasteiger partial charge >= 0.3 is 0 Å². The second-order valence-electron chi connectivity index (χ2n) is 5.73. The van der Waals surface area contributed by atoms with Gasteiger partial charge in [-0.15, -0.1) is 11.6 Å². The molecule has 4 heteroatoms. The van der Waals surface area contributed by atoms with E-state index >= 15 is 0 Å². The zero-order chi connectivity index (χ0) is 12.8. The van der Waals surface area contributed by atoms with Crippen molar-refractivity contribution in [2.75, 3.05) is 32.1 Å². The first-order valence-corrected chi connectivity index (χ1v) is 9.61. The zero-order valence-corrected chi connectivity index (χ0v) is 13.5. The minimum Gasteiger partial charge on any atom is -0.416 e. The van der Waals surface area contributed by atoms with Crippen LogP contribution < -0.4 is 0 Å². The molecule has 0 aromatic rings. The average molecular weight is 266 g/mol. The number of halogens is 1. The first-order chi connectivity index (χ1) is 7.24. The molecule has 0 saturated heterocycles. The van der Waals surface area contributed by atoms with E-state index in [2.05, 4.69) is 45.7 Å². The molecule has 0 spiro atoms. The van der Waals surface area contributed by atoms with Gasteiger partial charge in [-0.3, -0.25) is 0 Å². The molecule has 0 N–H and O–H groups in total. The molecule has 98 valence electrons. The summed E-state index contributed by atoms with van der Waals surface area (Å²) in [6, 6.07) is 0. The predicted molar refractivity (Wildman–Crippen MR) is 76.0 cm³/mol. The molecular formula is C12H28ClNOSi. The Hall–Kier alpha value is 0.427. The summed E-state index contributed by atoms with van der Waals surface area (Å²) in [6.45, 7) is 17.4. The smallest absolute Gasteiger partial charge is 0.192 e. The molecule has 0 bridgehead atoms. The summed E-state index contributed by atoms with van der Waals surface area (Å²) in [4.78, 5) is 2.33. The minimum atomic E-state index is -1.57. The van der Waals surface area contributed by atoms with E-state index in [0.717, 1.165) is 26.2 Å². The molecule has 0 fully saturated rings. The van der Waals surface area contributed by atoms with E-state index in [1.165, 1.54) is 0 Å². The third kappa shape index (κ3) is 5.67. The van der Waals surface area contributed by atoms with Crippen LogP contribution in [-0.4, -0.2) is 45.3 Å². The van der Waals surface area contributed by atoms with Crippen molar-refractivity contribution in [2.24, 2.45) is 0 Å². The van der Waals surface area contributed by atoms with E-state index in [9.17, 15) is 0 Å². The lowest BCUT2D eigenvalue weighted by molar-refractivity contribution is 0.210. The highest BCUT2D eigenvalue weighted by atomic mass is 35.5. The van der Waals surface area contributed by atoms with Gasteiger partial charge in [-0.05, 0) is 24.7 Å². The third-order valence-corrected chi connectivity index (χ3v) is 8.23. The molecule has 0 unspecified atom stereocenters. The Morgan fingerprint density at radius 2 is 1.75 bits per heavy atom. The summed E-state index contributed by atoms with van der Waals surface area (Å²) in [5.74, 6) is 0.702. The van der Waals surface area contributed by atoms with E-state index in [4.69, 9.17) is 16.0 Å². The van der Waals surface area contributed by atoms with Crippen LogP contribution in [0.15, 0.2) is 0 Å². The Balaban J connectivity index is 3.97. The number of hydrogen-bond donors (Lipinski definition) is 0. The summed E-state index contributed by atoms with van der Waals surface area (Å²) in [5, 5.41) is 0.302.